The normalized spacial score (nSPS) is 21.4. The van der Waals surface area contributed by atoms with Gasteiger partial charge in [0.15, 0.2) is 5.79 Å². The van der Waals surface area contributed by atoms with Gasteiger partial charge in [0.2, 0.25) is 0 Å². The molecule has 1 N–H and O–H groups in total. The van der Waals surface area contributed by atoms with Crippen LogP contribution in [0.4, 0.5) is 0 Å². The molecule has 1 saturated heterocycles. The number of aliphatic carboxylic acids is 1. The molecule has 0 aromatic carbocycles. The number of carboxylic acid groups (broad SMARTS) is 1. The quantitative estimate of drug-likeness (QED) is 0.731. The van der Waals surface area contributed by atoms with Crippen molar-refractivity contribution in [1.82, 2.24) is 4.90 Å². The number of ether oxygens (including phenoxy) is 2. The zero-order chi connectivity index (χ0) is 14.0. The predicted molar refractivity (Wildman–Crippen MR) is 68.4 cm³/mol. The summed E-state index contributed by atoms with van der Waals surface area (Å²) in [7, 11) is 3.23. The number of rotatable bonds is 6. The molecule has 0 saturated carbocycles. The molecule has 1 heterocycles. The summed E-state index contributed by atoms with van der Waals surface area (Å²) in [5.74, 6) is -1.60. The third-order valence-corrected chi connectivity index (χ3v) is 3.36. The summed E-state index contributed by atoms with van der Waals surface area (Å²) < 4.78 is 10.6. The maximum absolute atomic E-state index is 11.3. The predicted octanol–water partition coefficient (Wildman–Crippen LogP) is 1.43. The summed E-state index contributed by atoms with van der Waals surface area (Å²) in [6.45, 7) is 8.01. The van der Waals surface area contributed by atoms with Gasteiger partial charge in [-0.25, -0.2) is 0 Å². The molecule has 1 rings (SSSR count). The van der Waals surface area contributed by atoms with Crippen LogP contribution in [0.2, 0.25) is 0 Å². The summed E-state index contributed by atoms with van der Waals surface area (Å²) >= 11 is 0. The molecule has 0 aliphatic carbocycles. The lowest BCUT2D eigenvalue weighted by molar-refractivity contribution is -0.276. The minimum absolute atomic E-state index is 0.0214. The Kier molecular flexibility index (Phi) is 4.75. The van der Waals surface area contributed by atoms with Crippen molar-refractivity contribution in [2.24, 2.45) is 11.3 Å². The minimum atomic E-state index is -0.725. The van der Waals surface area contributed by atoms with E-state index in [1.807, 2.05) is 0 Å². The van der Waals surface area contributed by atoms with E-state index in [1.165, 1.54) is 0 Å². The molecule has 5 heteroatoms. The highest BCUT2D eigenvalue weighted by molar-refractivity contribution is 5.70. The first-order valence-electron chi connectivity index (χ1n) is 6.27. The monoisotopic (exact) mass is 259 g/mol. The van der Waals surface area contributed by atoms with Gasteiger partial charge in [-0.15, -0.1) is 0 Å². The van der Waals surface area contributed by atoms with Gasteiger partial charge in [0.05, 0.1) is 19.0 Å². The zero-order valence-corrected chi connectivity index (χ0v) is 12.0. The van der Waals surface area contributed by atoms with Crippen LogP contribution in [0.1, 0.15) is 27.2 Å². The Labute approximate surface area is 109 Å². The van der Waals surface area contributed by atoms with Crippen LogP contribution in [0, 0.1) is 11.3 Å². The van der Waals surface area contributed by atoms with E-state index < -0.39 is 11.8 Å². The Hall–Kier alpha value is -0.650. The largest absolute Gasteiger partial charge is 0.481 e. The van der Waals surface area contributed by atoms with Gasteiger partial charge in [-0.2, -0.15) is 0 Å². The summed E-state index contributed by atoms with van der Waals surface area (Å²) in [6.07, 6.45) is 0.672. The van der Waals surface area contributed by atoms with Crippen molar-refractivity contribution in [3.05, 3.63) is 0 Å². The molecule has 1 atom stereocenters. The molecule has 5 nitrogen and oxygen atoms in total. The van der Waals surface area contributed by atoms with Crippen LogP contribution in [-0.2, 0) is 14.3 Å². The number of hydrogen-bond acceptors (Lipinski definition) is 4. The van der Waals surface area contributed by atoms with E-state index in [0.717, 1.165) is 0 Å². The molecule has 0 bridgehead atoms. The number of methoxy groups -OCH3 is 2. The third kappa shape index (κ3) is 3.93. The molecule has 1 unspecified atom stereocenters. The molecule has 106 valence electrons. The second-order valence-corrected chi connectivity index (χ2v) is 6.29. The first-order valence-corrected chi connectivity index (χ1v) is 6.27. The number of carbonyl (C=O) groups is 1. The van der Waals surface area contributed by atoms with Crippen LogP contribution in [0.25, 0.3) is 0 Å². The Balaban J connectivity index is 2.48. The van der Waals surface area contributed by atoms with Gasteiger partial charge in [0, 0.05) is 20.8 Å². The van der Waals surface area contributed by atoms with Crippen LogP contribution >= 0.6 is 0 Å². The zero-order valence-electron chi connectivity index (χ0n) is 12.0. The second-order valence-electron chi connectivity index (χ2n) is 6.29. The number of likely N-dealkylation sites (tertiary alicyclic amines) is 1. The maximum Gasteiger partial charge on any atom is 0.307 e. The van der Waals surface area contributed by atoms with Gasteiger partial charge in [-0.1, -0.05) is 20.8 Å². The van der Waals surface area contributed by atoms with Crippen molar-refractivity contribution in [2.45, 2.75) is 33.0 Å². The number of nitrogens with zero attached hydrogens (tertiary/aromatic N) is 1. The van der Waals surface area contributed by atoms with E-state index in [9.17, 15) is 9.90 Å². The first kappa shape index (κ1) is 15.4. The standard InChI is InChI=1S/C13H25NO4/c1-12(2,3)6-10(11(15)16)7-14-8-13(9-14,17-4)18-5/h10H,6-9H2,1-5H3,(H,15,16). The van der Waals surface area contributed by atoms with E-state index >= 15 is 0 Å². The summed E-state index contributed by atoms with van der Waals surface area (Å²) in [5.41, 5.74) is 0.0214. The second kappa shape index (κ2) is 5.55. The molecular weight excluding hydrogens is 234 g/mol. The van der Waals surface area contributed by atoms with Crippen molar-refractivity contribution in [3.8, 4) is 0 Å². The van der Waals surface area contributed by atoms with E-state index in [1.54, 1.807) is 14.2 Å². The highest BCUT2D eigenvalue weighted by Gasteiger charge is 2.45. The molecule has 1 aliphatic rings. The van der Waals surface area contributed by atoms with Crippen LogP contribution in [0.15, 0.2) is 0 Å². The summed E-state index contributed by atoms with van der Waals surface area (Å²) in [5, 5.41) is 9.26. The maximum atomic E-state index is 11.3. The number of hydrogen-bond donors (Lipinski definition) is 1. The highest BCUT2D eigenvalue weighted by Crippen LogP contribution is 2.30. The van der Waals surface area contributed by atoms with Gasteiger partial charge in [0.25, 0.3) is 0 Å². The molecule has 0 amide bonds. The Morgan fingerprint density at radius 2 is 1.83 bits per heavy atom. The van der Waals surface area contributed by atoms with Gasteiger partial charge in [-0.3, -0.25) is 9.69 Å². The molecule has 1 aliphatic heterocycles. The average Bonchev–Trinajstić information content (AvgIpc) is 2.19. The molecule has 0 spiro atoms. The fraction of sp³-hybridized carbons (Fsp3) is 0.923. The van der Waals surface area contributed by atoms with E-state index in [2.05, 4.69) is 25.7 Å². The SMILES string of the molecule is COC1(OC)CN(CC(CC(C)(C)C)C(=O)O)C1. The lowest BCUT2D eigenvalue weighted by atomic mass is 9.84. The Morgan fingerprint density at radius 1 is 1.33 bits per heavy atom. The van der Waals surface area contributed by atoms with Gasteiger partial charge >= 0.3 is 5.97 Å². The molecule has 18 heavy (non-hydrogen) atoms. The highest BCUT2D eigenvalue weighted by atomic mass is 16.7. The molecule has 0 aromatic heterocycles. The van der Waals surface area contributed by atoms with Crippen molar-refractivity contribution < 1.29 is 19.4 Å². The molecule has 1 fully saturated rings. The Morgan fingerprint density at radius 3 is 2.17 bits per heavy atom. The van der Waals surface area contributed by atoms with E-state index in [0.29, 0.717) is 26.1 Å². The van der Waals surface area contributed by atoms with Gasteiger partial charge in [-0.05, 0) is 11.8 Å². The minimum Gasteiger partial charge on any atom is -0.481 e. The fourth-order valence-electron chi connectivity index (χ4n) is 2.39. The fourth-order valence-corrected chi connectivity index (χ4v) is 2.39. The summed E-state index contributed by atoms with van der Waals surface area (Å²) in [4.78, 5) is 13.3. The Bertz CT molecular complexity index is 286. The molecule has 0 aromatic rings. The van der Waals surface area contributed by atoms with Gasteiger partial charge < -0.3 is 14.6 Å². The van der Waals surface area contributed by atoms with Crippen molar-refractivity contribution in [2.75, 3.05) is 33.9 Å². The van der Waals surface area contributed by atoms with Crippen molar-refractivity contribution in [1.29, 1.82) is 0 Å². The van der Waals surface area contributed by atoms with Crippen molar-refractivity contribution in [3.63, 3.8) is 0 Å². The van der Waals surface area contributed by atoms with Crippen LogP contribution < -0.4 is 0 Å². The van der Waals surface area contributed by atoms with Crippen LogP contribution in [0.5, 0.6) is 0 Å². The summed E-state index contributed by atoms with van der Waals surface area (Å²) in [6, 6.07) is 0. The average molecular weight is 259 g/mol. The lowest BCUT2D eigenvalue weighted by Gasteiger charge is -2.48. The molecular formula is C13H25NO4. The smallest absolute Gasteiger partial charge is 0.307 e. The van der Waals surface area contributed by atoms with Crippen molar-refractivity contribution >= 4 is 5.97 Å². The van der Waals surface area contributed by atoms with Crippen LogP contribution in [0.3, 0.4) is 0 Å². The van der Waals surface area contributed by atoms with E-state index in [-0.39, 0.29) is 11.3 Å². The van der Waals surface area contributed by atoms with Gasteiger partial charge in [0.1, 0.15) is 0 Å². The third-order valence-electron chi connectivity index (χ3n) is 3.36. The molecule has 0 radical (unpaired) electrons. The van der Waals surface area contributed by atoms with E-state index in [4.69, 9.17) is 9.47 Å². The number of carboxylic acids is 1. The first-order chi connectivity index (χ1) is 8.21. The van der Waals surface area contributed by atoms with Crippen LogP contribution in [-0.4, -0.2) is 55.6 Å². The lowest BCUT2D eigenvalue weighted by Crippen LogP contribution is -2.64. The topological polar surface area (TPSA) is 59.0 Å².